The van der Waals surface area contributed by atoms with Crippen LogP contribution in [0.15, 0.2) is 53.7 Å². The van der Waals surface area contributed by atoms with Gasteiger partial charge in [-0.15, -0.1) is 4.91 Å². The highest BCUT2D eigenvalue weighted by molar-refractivity contribution is 5.38. The standard InChI is InChI=1S/C18H22N2O2/c1-18(2,3)19-12-14-6-10-17(11-7-14)22-13-15-4-8-16(20-21)9-5-15/h4-11,19H,12-13H2,1-3H3. The average Bonchev–Trinajstić information content (AvgIpc) is 2.52. The Morgan fingerprint density at radius 1 is 0.955 bits per heavy atom. The topological polar surface area (TPSA) is 50.7 Å². The summed E-state index contributed by atoms with van der Waals surface area (Å²) in [7, 11) is 0. The Morgan fingerprint density at radius 2 is 1.55 bits per heavy atom. The molecule has 0 radical (unpaired) electrons. The molecule has 0 saturated heterocycles. The molecule has 0 fully saturated rings. The molecule has 22 heavy (non-hydrogen) atoms. The van der Waals surface area contributed by atoms with Crippen molar-refractivity contribution >= 4 is 5.69 Å². The first-order valence-corrected chi connectivity index (χ1v) is 7.35. The molecule has 1 N–H and O–H groups in total. The fraction of sp³-hybridized carbons (Fsp3) is 0.333. The molecule has 0 aromatic heterocycles. The number of hydrogen-bond donors (Lipinski definition) is 1. The van der Waals surface area contributed by atoms with Crippen molar-refractivity contribution in [1.29, 1.82) is 0 Å². The van der Waals surface area contributed by atoms with Crippen molar-refractivity contribution in [2.24, 2.45) is 5.18 Å². The second-order valence-corrected chi connectivity index (χ2v) is 6.29. The van der Waals surface area contributed by atoms with Gasteiger partial charge in [0.1, 0.15) is 18.0 Å². The average molecular weight is 298 g/mol. The third-order valence-corrected chi connectivity index (χ3v) is 3.19. The minimum atomic E-state index is 0.109. The Balaban J connectivity index is 1.86. The molecule has 2 aromatic rings. The molecule has 4 heteroatoms. The zero-order valence-electron chi connectivity index (χ0n) is 13.3. The Kier molecular flexibility index (Phi) is 5.28. The second-order valence-electron chi connectivity index (χ2n) is 6.29. The van der Waals surface area contributed by atoms with E-state index in [-0.39, 0.29) is 5.54 Å². The molecule has 4 nitrogen and oxygen atoms in total. The maximum atomic E-state index is 10.4. The van der Waals surface area contributed by atoms with Gasteiger partial charge in [-0.1, -0.05) is 24.3 Å². The smallest absolute Gasteiger partial charge is 0.119 e. The van der Waals surface area contributed by atoms with E-state index in [1.54, 1.807) is 12.1 Å². The highest BCUT2D eigenvalue weighted by Gasteiger charge is 2.08. The number of nitrogens with one attached hydrogen (secondary N) is 1. The van der Waals surface area contributed by atoms with Gasteiger partial charge in [-0.05, 0) is 61.3 Å². The predicted octanol–water partition coefficient (Wildman–Crippen LogP) is 4.55. The third-order valence-electron chi connectivity index (χ3n) is 3.19. The van der Waals surface area contributed by atoms with Gasteiger partial charge in [0.2, 0.25) is 0 Å². The molecule has 0 atom stereocenters. The van der Waals surface area contributed by atoms with Gasteiger partial charge in [0.05, 0.1) is 0 Å². The van der Waals surface area contributed by atoms with Gasteiger partial charge in [-0.25, -0.2) is 0 Å². The minimum Gasteiger partial charge on any atom is -0.489 e. The third kappa shape index (κ3) is 5.30. The number of rotatable bonds is 6. The van der Waals surface area contributed by atoms with E-state index in [0.717, 1.165) is 17.9 Å². The van der Waals surface area contributed by atoms with Crippen LogP contribution >= 0.6 is 0 Å². The second kappa shape index (κ2) is 7.18. The summed E-state index contributed by atoms with van der Waals surface area (Å²) in [6, 6.07) is 15.1. The van der Waals surface area contributed by atoms with Crippen molar-refractivity contribution in [1.82, 2.24) is 5.32 Å². The van der Waals surface area contributed by atoms with Crippen molar-refractivity contribution in [2.45, 2.75) is 39.5 Å². The van der Waals surface area contributed by atoms with Gasteiger partial charge in [0.25, 0.3) is 0 Å². The van der Waals surface area contributed by atoms with Crippen LogP contribution in [0.25, 0.3) is 0 Å². The SMILES string of the molecule is CC(C)(C)NCc1ccc(OCc2ccc(N=O)cc2)cc1. The normalized spacial score (nSPS) is 11.2. The lowest BCUT2D eigenvalue weighted by Gasteiger charge is -2.20. The first-order valence-electron chi connectivity index (χ1n) is 7.35. The molecular weight excluding hydrogens is 276 g/mol. The van der Waals surface area contributed by atoms with E-state index < -0.39 is 0 Å². The van der Waals surface area contributed by atoms with E-state index in [1.165, 1.54) is 5.56 Å². The molecule has 116 valence electrons. The van der Waals surface area contributed by atoms with E-state index in [2.05, 4.69) is 43.4 Å². The van der Waals surface area contributed by atoms with Crippen LogP contribution in [0.3, 0.4) is 0 Å². The summed E-state index contributed by atoms with van der Waals surface area (Å²) in [6.07, 6.45) is 0. The summed E-state index contributed by atoms with van der Waals surface area (Å²) in [4.78, 5) is 10.4. The fourth-order valence-corrected chi connectivity index (χ4v) is 1.89. The van der Waals surface area contributed by atoms with E-state index in [1.807, 2.05) is 24.3 Å². The largest absolute Gasteiger partial charge is 0.489 e. The van der Waals surface area contributed by atoms with Crippen molar-refractivity contribution in [2.75, 3.05) is 0 Å². The summed E-state index contributed by atoms with van der Waals surface area (Å²) in [5.41, 5.74) is 2.77. The van der Waals surface area contributed by atoms with Crippen LogP contribution < -0.4 is 10.1 Å². The van der Waals surface area contributed by atoms with E-state index in [0.29, 0.717) is 12.3 Å². The van der Waals surface area contributed by atoms with Gasteiger partial charge < -0.3 is 10.1 Å². The number of hydrogen-bond acceptors (Lipinski definition) is 4. The molecule has 2 rings (SSSR count). The molecular formula is C18H22N2O2. The maximum absolute atomic E-state index is 10.4. The van der Waals surface area contributed by atoms with Crippen LogP contribution in [0.2, 0.25) is 0 Å². The number of nitrogens with zero attached hydrogens (tertiary/aromatic N) is 1. The van der Waals surface area contributed by atoms with Gasteiger partial charge in [0, 0.05) is 12.1 Å². The highest BCUT2D eigenvalue weighted by Crippen LogP contribution is 2.17. The van der Waals surface area contributed by atoms with Crippen LogP contribution in [-0.2, 0) is 13.2 Å². The molecule has 0 bridgehead atoms. The summed E-state index contributed by atoms with van der Waals surface area (Å²) in [5, 5.41) is 6.33. The molecule has 0 aliphatic heterocycles. The quantitative estimate of drug-likeness (QED) is 0.796. The van der Waals surface area contributed by atoms with Crippen LogP contribution in [-0.4, -0.2) is 5.54 Å². The minimum absolute atomic E-state index is 0.109. The van der Waals surface area contributed by atoms with Crippen molar-refractivity contribution in [3.63, 3.8) is 0 Å². The van der Waals surface area contributed by atoms with E-state index >= 15 is 0 Å². The molecule has 0 saturated carbocycles. The molecule has 2 aromatic carbocycles. The lowest BCUT2D eigenvalue weighted by Crippen LogP contribution is -2.34. The molecule has 0 aliphatic carbocycles. The van der Waals surface area contributed by atoms with Crippen LogP contribution in [0.1, 0.15) is 31.9 Å². The Hall–Kier alpha value is -2.20. The van der Waals surface area contributed by atoms with E-state index in [9.17, 15) is 4.91 Å². The summed E-state index contributed by atoms with van der Waals surface area (Å²) < 4.78 is 5.74. The van der Waals surface area contributed by atoms with Gasteiger partial charge in [-0.2, -0.15) is 0 Å². The highest BCUT2D eigenvalue weighted by atomic mass is 16.5. The molecule has 0 spiro atoms. The number of benzene rings is 2. The van der Waals surface area contributed by atoms with Gasteiger partial charge in [0.15, 0.2) is 0 Å². The Morgan fingerprint density at radius 3 is 2.09 bits per heavy atom. The zero-order valence-corrected chi connectivity index (χ0v) is 13.3. The van der Waals surface area contributed by atoms with Gasteiger partial charge >= 0.3 is 0 Å². The number of nitroso groups, excluding NO2 is 1. The van der Waals surface area contributed by atoms with Crippen molar-refractivity contribution in [3.8, 4) is 5.75 Å². The first kappa shape index (κ1) is 16.2. The summed E-state index contributed by atoms with van der Waals surface area (Å²) in [6.45, 7) is 7.75. The van der Waals surface area contributed by atoms with Crippen LogP contribution in [0.5, 0.6) is 5.75 Å². The first-order chi connectivity index (χ1) is 10.5. The van der Waals surface area contributed by atoms with E-state index in [4.69, 9.17) is 4.74 Å². The zero-order chi connectivity index (χ0) is 16.0. The molecule has 0 aliphatic rings. The lowest BCUT2D eigenvalue weighted by molar-refractivity contribution is 0.306. The molecule has 0 unspecified atom stereocenters. The van der Waals surface area contributed by atoms with Crippen molar-refractivity contribution < 1.29 is 4.74 Å². The van der Waals surface area contributed by atoms with Crippen molar-refractivity contribution in [3.05, 3.63) is 64.6 Å². The maximum Gasteiger partial charge on any atom is 0.119 e. The Labute approximate surface area is 131 Å². The summed E-state index contributed by atoms with van der Waals surface area (Å²) >= 11 is 0. The number of ether oxygens (including phenoxy) is 1. The predicted molar refractivity (Wildman–Crippen MR) is 89.3 cm³/mol. The van der Waals surface area contributed by atoms with Crippen LogP contribution in [0, 0.1) is 4.91 Å². The van der Waals surface area contributed by atoms with Gasteiger partial charge in [-0.3, -0.25) is 0 Å². The molecule has 0 heterocycles. The molecule has 0 amide bonds. The Bertz CT molecular complexity index is 598. The van der Waals surface area contributed by atoms with Crippen LogP contribution in [0.4, 0.5) is 5.69 Å². The lowest BCUT2D eigenvalue weighted by atomic mass is 10.1. The summed E-state index contributed by atoms with van der Waals surface area (Å²) in [5.74, 6) is 0.831. The monoisotopic (exact) mass is 298 g/mol. The fourth-order valence-electron chi connectivity index (χ4n) is 1.89.